The number of benzene rings is 1. The number of aliphatic carboxylic acids is 1. The van der Waals surface area contributed by atoms with Gasteiger partial charge in [-0.2, -0.15) is 0 Å². The lowest BCUT2D eigenvalue weighted by Gasteiger charge is -2.20. The van der Waals surface area contributed by atoms with Gasteiger partial charge in [0, 0.05) is 11.6 Å². The molecule has 1 fully saturated rings. The molecule has 1 N–H and O–H groups in total. The highest BCUT2D eigenvalue weighted by molar-refractivity contribution is 6.32. The summed E-state index contributed by atoms with van der Waals surface area (Å²) in [4.78, 5) is 10.6. The quantitative estimate of drug-likeness (QED) is 0.841. The van der Waals surface area contributed by atoms with Gasteiger partial charge in [0.1, 0.15) is 12.4 Å². The second kappa shape index (κ2) is 6.50. The lowest BCUT2D eigenvalue weighted by molar-refractivity contribution is -0.131. The molecule has 0 saturated carbocycles. The number of carboxylic acid groups (broad SMARTS) is 1. The summed E-state index contributed by atoms with van der Waals surface area (Å²) < 4.78 is 11.6. The molecule has 0 aromatic heterocycles. The van der Waals surface area contributed by atoms with Crippen molar-refractivity contribution in [2.24, 2.45) is 0 Å². The van der Waals surface area contributed by atoms with Gasteiger partial charge in [0.25, 0.3) is 0 Å². The van der Waals surface area contributed by atoms with Crippen molar-refractivity contribution in [2.75, 3.05) is 6.61 Å². The molecule has 1 atom stereocenters. The van der Waals surface area contributed by atoms with Crippen LogP contribution in [-0.2, 0) is 9.53 Å². The normalized spacial score (nSPS) is 20.8. The Morgan fingerprint density at radius 1 is 1.57 bits per heavy atom. The van der Waals surface area contributed by atoms with Crippen molar-refractivity contribution in [2.45, 2.75) is 38.4 Å². The fraction of sp³-hybridized carbons (Fsp3) is 0.438. The molecule has 5 heteroatoms. The van der Waals surface area contributed by atoms with Gasteiger partial charge in [-0.05, 0) is 44.9 Å². The molecule has 0 radical (unpaired) electrons. The second-order valence-electron chi connectivity index (χ2n) is 5.67. The molecule has 0 spiro atoms. The molecule has 1 heterocycles. The largest absolute Gasteiger partial charge is 0.490 e. The first-order chi connectivity index (χ1) is 9.87. The Balaban J connectivity index is 2.06. The summed E-state index contributed by atoms with van der Waals surface area (Å²) in [6.45, 7) is 4.55. The van der Waals surface area contributed by atoms with Crippen LogP contribution < -0.4 is 4.74 Å². The Kier molecular flexibility index (Phi) is 4.91. The Labute approximate surface area is 129 Å². The molecule has 1 saturated heterocycles. The van der Waals surface area contributed by atoms with E-state index in [0.29, 0.717) is 22.9 Å². The van der Waals surface area contributed by atoms with Gasteiger partial charge in [-0.25, -0.2) is 4.79 Å². The summed E-state index contributed by atoms with van der Waals surface area (Å²) in [7, 11) is 0. The van der Waals surface area contributed by atoms with Gasteiger partial charge >= 0.3 is 5.97 Å². The minimum Gasteiger partial charge on any atom is -0.490 e. The van der Waals surface area contributed by atoms with Gasteiger partial charge in [0.05, 0.1) is 16.7 Å². The zero-order valence-electron chi connectivity index (χ0n) is 12.1. The van der Waals surface area contributed by atoms with E-state index < -0.39 is 5.97 Å². The standard InChI is InChI=1S/C16H19ClO4/c1-16(2)9-8-11(21-16)10-20-14-5-3-4-13(17)12(14)6-7-15(18)19/h3-7,11H,8-10H2,1-2H3,(H,18,19)/b7-6+. The van der Waals surface area contributed by atoms with Crippen molar-refractivity contribution >= 4 is 23.6 Å². The molecule has 1 unspecified atom stereocenters. The van der Waals surface area contributed by atoms with Gasteiger partial charge in [-0.3, -0.25) is 0 Å². The van der Waals surface area contributed by atoms with Gasteiger partial charge in [-0.15, -0.1) is 0 Å². The van der Waals surface area contributed by atoms with Crippen molar-refractivity contribution in [3.8, 4) is 5.75 Å². The fourth-order valence-corrected chi connectivity index (χ4v) is 2.57. The number of rotatable bonds is 5. The minimum absolute atomic E-state index is 0.0512. The van der Waals surface area contributed by atoms with E-state index in [0.717, 1.165) is 18.9 Å². The summed E-state index contributed by atoms with van der Waals surface area (Å²) in [6.07, 6.45) is 4.49. The van der Waals surface area contributed by atoms with E-state index in [4.69, 9.17) is 26.2 Å². The maximum atomic E-state index is 10.6. The first kappa shape index (κ1) is 15.9. The van der Waals surface area contributed by atoms with E-state index in [9.17, 15) is 4.79 Å². The number of hydrogen-bond donors (Lipinski definition) is 1. The Bertz CT molecular complexity index is 551. The Morgan fingerprint density at radius 2 is 2.33 bits per heavy atom. The van der Waals surface area contributed by atoms with Crippen LogP contribution in [0.3, 0.4) is 0 Å². The molecule has 1 aromatic rings. The molecule has 2 rings (SSSR count). The van der Waals surface area contributed by atoms with E-state index >= 15 is 0 Å². The highest BCUT2D eigenvalue weighted by Crippen LogP contribution is 2.31. The third-order valence-electron chi connectivity index (χ3n) is 3.38. The zero-order valence-corrected chi connectivity index (χ0v) is 12.9. The molecule has 114 valence electrons. The Morgan fingerprint density at radius 3 is 2.95 bits per heavy atom. The van der Waals surface area contributed by atoms with Crippen LogP contribution in [0.15, 0.2) is 24.3 Å². The summed E-state index contributed by atoms with van der Waals surface area (Å²) in [5.41, 5.74) is 0.466. The van der Waals surface area contributed by atoms with Crippen LogP contribution in [0.1, 0.15) is 32.3 Å². The van der Waals surface area contributed by atoms with Crippen LogP contribution in [0.25, 0.3) is 6.08 Å². The number of ether oxygens (including phenoxy) is 2. The molecular weight excluding hydrogens is 292 g/mol. The first-order valence-electron chi connectivity index (χ1n) is 6.87. The van der Waals surface area contributed by atoms with Crippen molar-refractivity contribution in [1.29, 1.82) is 0 Å². The predicted molar refractivity (Wildman–Crippen MR) is 81.8 cm³/mol. The first-order valence-corrected chi connectivity index (χ1v) is 7.25. The van der Waals surface area contributed by atoms with Crippen molar-refractivity contribution in [1.82, 2.24) is 0 Å². The summed E-state index contributed by atoms with van der Waals surface area (Å²) >= 11 is 6.10. The Hall–Kier alpha value is -1.52. The summed E-state index contributed by atoms with van der Waals surface area (Å²) in [5.74, 6) is -0.463. The van der Waals surface area contributed by atoms with Crippen LogP contribution >= 0.6 is 11.6 Å². The lowest BCUT2D eigenvalue weighted by Crippen LogP contribution is -2.24. The average Bonchev–Trinajstić information content (AvgIpc) is 2.74. The molecule has 1 aromatic carbocycles. The van der Waals surface area contributed by atoms with Crippen LogP contribution in [0.2, 0.25) is 5.02 Å². The number of carboxylic acids is 1. The van der Waals surface area contributed by atoms with Crippen LogP contribution in [-0.4, -0.2) is 29.4 Å². The van der Waals surface area contributed by atoms with Crippen molar-refractivity contribution in [3.63, 3.8) is 0 Å². The lowest BCUT2D eigenvalue weighted by atomic mass is 10.1. The predicted octanol–water partition coefficient (Wildman–Crippen LogP) is 3.77. The zero-order chi connectivity index (χ0) is 15.5. The SMILES string of the molecule is CC1(C)CCC(COc2cccc(Cl)c2/C=C/C(=O)O)O1. The maximum absolute atomic E-state index is 10.6. The average molecular weight is 311 g/mol. The molecule has 0 bridgehead atoms. The molecule has 4 nitrogen and oxygen atoms in total. The topological polar surface area (TPSA) is 55.8 Å². The maximum Gasteiger partial charge on any atom is 0.328 e. The third kappa shape index (κ3) is 4.48. The number of hydrogen-bond acceptors (Lipinski definition) is 3. The van der Waals surface area contributed by atoms with Gasteiger partial charge in [0.15, 0.2) is 0 Å². The van der Waals surface area contributed by atoms with E-state index in [2.05, 4.69) is 13.8 Å². The van der Waals surface area contributed by atoms with Crippen LogP contribution in [0, 0.1) is 0 Å². The molecule has 1 aliphatic heterocycles. The molecule has 0 aliphatic carbocycles. The number of halogens is 1. The number of carbonyl (C=O) groups is 1. The van der Waals surface area contributed by atoms with E-state index in [-0.39, 0.29) is 11.7 Å². The highest BCUT2D eigenvalue weighted by Gasteiger charge is 2.32. The van der Waals surface area contributed by atoms with E-state index in [1.54, 1.807) is 18.2 Å². The monoisotopic (exact) mass is 310 g/mol. The second-order valence-corrected chi connectivity index (χ2v) is 6.08. The van der Waals surface area contributed by atoms with Gasteiger partial charge in [-0.1, -0.05) is 17.7 Å². The molecular formula is C16H19ClO4. The van der Waals surface area contributed by atoms with Crippen LogP contribution in [0.5, 0.6) is 5.75 Å². The highest BCUT2D eigenvalue weighted by atomic mass is 35.5. The minimum atomic E-state index is -1.03. The third-order valence-corrected chi connectivity index (χ3v) is 3.71. The summed E-state index contributed by atoms with van der Waals surface area (Å²) in [6, 6.07) is 5.24. The smallest absolute Gasteiger partial charge is 0.328 e. The summed E-state index contributed by atoms with van der Waals surface area (Å²) in [5, 5.41) is 9.18. The molecule has 0 amide bonds. The van der Waals surface area contributed by atoms with Crippen molar-refractivity contribution in [3.05, 3.63) is 34.9 Å². The van der Waals surface area contributed by atoms with Gasteiger partial charge < -0.3 is 14.6 Å². The molecule has 1 aliphatic rings. The molecule has 21 heavy (non-hydrogen) atoms. The fourth-order valence-electron chi connectivity index (χ4n) is 2.34. The van der Waals surface area contributed by atoms with E-state index in [1.807, 2.05) is 0 Å². The van der Waals surface area contributed by atoms with Gasteiger partial charge in [0.2, 0.25) is 0 Å². The van der Waals surface area contributed by atoms with Crippen LogP contribution in [0.4, 0.5) is 0 Å². The van der Waals surface area contributed by atoms with E-state index in [1.165, 1.54) is 6.08 Å². The van der Waals surface area contributed by atoms with Crippen molar-refractivity contribution < 1.29 is 19.4 Å².